The third-order valence-corrected chi connectivity index (χ3v) is 4.13. The van der Waals surface area contributed by atoms with Gasteiger partial charge in [0.2, 0.25) is 5.91 Å². The van der Waals surface area contributed by atoms with Gasteiger partial charge in [0.1, 0.15) is 5.82 Å². The zero-order valence-corrected chi connectivity index (χ0v) is 12.5. The molecule has 1 amide bonds. The van der Waals surface area contributed by atoms with Gasteiger partial charge in [-0.05, 0) is 37.0 Å². The van der Waals surface area contributed by atoms with Crippen LogP contribution in [-0.4, -0.2) is 17.0 Å². The first kappa shape index (κ1) is 15.0. The lowest BCUT2D eigenvalue weighted by Gasteiger charge is -2.16. The third kappa shape index (κ3) is 3.17. The number of rotatable bonds is 3. The Hall–Kier alpha value is -1.43. The van der Waals surface area contributed by atoms with Crippen molar-refractivity contribution in [3.05, 3.63) is 28.5 Å². The molecule has 0 bridgehead atoms. The summed E-state index contributed by atoms with van der Waals surface area (Å²) in [6.07, 6.45) is 0.993. The molecule has 0 aromatic heterocycles. The molecule has 1 aromatic rings. The fourth-order valence-electron chi connectivity index (χ4n) is 2.67. The Labute approximate surface area is 124 Å². The van der Waals surface area contributed by atoms with Crippen molar-refractivity contribution >= 4 is 33.5 Å². The molecule has 0 saturated heterocycles. The molecular weight excluding hydrogens is 329 g/mol. The third-order valence-electron chi connectivity index (χ3n) is 3.64. The van der Waals surface area contributed by atoms with Crippen LogP contribution in [0.15, 0.2) is 22.7 Å². The molecule has 1 fully saturated rings. The van der Waals surface area contributed by atoms with Gasteiger partial charge in [-0.1, -0.05) is 22.9 Å². The van der Waals surface area contributed by atoms with Gasteiger partial charge in [-0.3, -0.25) is 9.59 Å². The zero-order chi connectivity index (χ0) is 14.9. The molecule has 3 atom stereocenters. The summed E-state index contributed by atoms with van der Waals surface area (Å²) in [6, 6.07) is 4.23. The van der Waals surface area contributed by atoms with Gasteiger partial charge in [0, 0.05) is 4.47 Å². The number of nitrogens with one attached hydrogen (secondary N) is 1. The number of aliphatic carboxylic acids is 1. The highest BCUT2D eigenvalue weighted by Crippen LogP contribution is 2.37. The van der Waals surface area contributed by atoms with Crippen LogP contribution in [0.4, 0.5) is 10.1 Å². The van der Waals surface area contributed by atoms with Gasteiger partial charge in [-0.15, -0.1) is 0 Å². The molecule has 1 aromatic carbocycles. The van der Waals surface area contributed by atoms with Crippen LogP contribution < -0.4 is 5.32 Å². The van der Waals surface area contributed by atoms with Gasteiger partial charge in [0.15, 0.2) is 0 Å². The second-order valence-electron chi connectivity index (χ2n) is 5.24. The predicted molar refractivity (Wildman–Crippen MR) is 75.7 cm³/mol. The molecule has 2 rings (SSSR count). The number of anilines is 1. The van der Waals surface area contributed by atoms with E-state index in [9.17, 15) is 14.0 Å². The number of carbonyl (C=O) groups excluding carboxylic acids is 1. The number of carboxylic acids is 1. The van der Waals surface area contributed by atoms with E-state index in [2.05, 4.69) is 21.2 Å². The fourth-order valence-corrected chi connectivity index (χ4v) is 3.03. The van der Waals surface area contributed by atoms with E-state index in [1.807, 2.05) is 6.92 Å². The summed E-state index contributed by atoms with van der Waals surface area (Å²) >= 11 is 3.20. The van der Waals surface area contributed by atoms with E-state index in [1.165, 1.54) is 18.2 Å². The summed E-state index contributed by atoms with van der Waals surface area (Å²) in [5.74, 6) is -3.07. The van der Waals surface area contributed by atoms with E-state index in [0.717, 1.165) is 0 Å². The Morgan fingerprint density at radius 2 is 2.00 bits per heavy atom. The van der Waals surface area contributed by atoms with Gasteiger partial charge in [0.05, 0.1) is 17.5 Å². The molecule has 0 heterocycles. The molecule has 20 heavy (non-hydrogen) atoms. The van der Waals surface area contributed by atoms with Crippen molar-refractivity contribution in [2.75, 3.05) is 5.32 Å². The Morgan fingerprint density at radius 1 is 1.35 bits per heavy atom. The highest BCUT2D eigenvalue weighted by Gasteiger charge is 2.41. The number of halogens is 2. The van der Waals surface area contributed by atoms with Crippen molar-refractivity contribution in [2.24, 2.45) is 17.8 Å². The number of carboxylic acid groups (broad SMARTS) is 1. The zero-order valence-electron chi connectivity index (χ0n) is 10.9. The summed E-state index contributed by atoms with van der Waals surface area (Å²) in [5.41, 5.74) is 0.0630. The number of amides is 1. The van der Waals surface area contributed by atoms with Crippen molar-refractivity contribution in [1.82, 2.24) is 0 Å². The SMILES string of the molecule is CC1CC(C(=O)O)C(C(=O)Nc2cc(Br)ccc2F)C1. The van der Waals surface area contributed by atoms with Crippen LogP contribution in [0.1, 0.15) is 19.8 Å². The standard InChI is InChI=1S/C14H15BrFNO3/c1-7-4-9(10(5-7)14(19)20)13(18)17-12-6-8(15)2-3-11(12)16/h2-3,6-7,9-10H,4-5H2,1H3,(H,17,18)(H,19,20). The van der Waals surface area contributed by atoms with Crippen molar-refractivity contribution in [2.45, 2.75) is 19.8 Å². The predicted octanol–water partition coefficient (Wildman–Crippen LogP) is 3.27. The molecule has 4 nitrogen and oxygen atoms in total. The van der Waals surface area contributed by atoms with Crippen molar-refractivity contribution in [3.63, 3.8) is 0 Å². The van der Waals surface area contributed by atoms with Crippen molar-refractivity contribution in [3.8, 4) is 0 Å². The molecule has 0 radical (unpaired) electrons. The van der Waals surface area contributed by atoms with Gasteiger partial charge in [0.25, 0.3) is 0 Å². The number of hydrogen-bond acceptors (Lipinski definition) is 2. The highest BCUT2D eigenvalue weighted by molar-refractivity contribution is 9.10. The molecule has 108 valence electrons. The topological polar surface area (TPSA) is 66.4 Å². The van der Waals surface area contributed by atoms with Crippen LogP contribution >= 0.6 is 15.9 Å². The van der Waals surface area contributed by atoms with E-state index in [1.54, 1.807) is 0 Å². The minimum atomic E-state index is -0.968. The van der Waals surface area contributed by atoms with Crippen LogP contribution in [0.3, 0.4) is 0 Å². The smallest absolute Gasteiger partial charge is 0.307 e. The van der Waals surface area contributed by atoms with Crippen molar-refractivity contribution in [1.29, 1.82) is 0 Å². The lowest BCUT2D eigenvalue weighted by Crippen LogP contribution is -2.30. The lowest BCUT2D eigenvalue weighted by atomic mass is 9.95. The molecular formula is C14H15BrFNO3. The first-order valence-corrected chi connectivity index (χ1v) is 7.16. The Morgan fingerprint density at radius 3 is 2.65 bits per heavy atom. The second-order valence-corrected chi connectivity index (χ2v) is 6.16. The van der Waals surface area contributed by atoms with Gasteiger partial charge in [-0.25, -0.2) is 4.39 Å². The van der Waals surface area contributed by atoms with Crippen LogP contribution in [-0.2, 0) is 9.59 Å². The van der Waals surface area contributed by atoms with Crippen LogP contribution in [0, 0.1) is 23.6 Å². The van der Waals surface area contributed by atoms with Gasteiger partial charge >= 0.3 is 5.97 Å². The summed E-state index contributed by atoms with van der Waals surface area (Å²) in [6.45, 7) is 1.92. The quantitative estimate of drug-likeness (QED) is 0.884. The maximum Gasteiger partial charge on any atom is 0.307 e. The fraction of sp³-hybridized carbons (Fsp3) is 0.429. The molecule has 1 aliphatic rings. The second kappa shape index (κ2) is 5.91. The number of benzene rings is 1. The average molecular weight is 344 g/mol. The molecule has 0 spiro atoms. The van der Waals surface area contributed by atoms with E-state index in [4.69, 9.17) is 5.11 Å². The molecule has 0 aliphatic heterocycles. The summed E-state index contributed by atoms with van der Waals surface area (Å²) in [5, 5.41) is 11.6. The summed E-state index contributed by atoms with van der Waals surface area (Å²) in [7, 11) is 0. The maximum absolute atomic E-state index is 13.6. The van der Waals surface area contributed by atoms with E-state index in [0.29, 0.717) is 17.3 Å². The Kier molecular flexibility index (Phi) is 4.42. The van der Waals surface area contributed by atoms with Gasteiger partial charge < -0.3 is 10.4 Å². The van der Waals surface area contributed by atoms with E-state index < -0.39 is 29.5 Å². The summed E-state index contributed by atoms with van der Waals surface area (Å²) in [4.78, 5) is 23.4. The molecule has 1 saturated carbocycles. The molecule has 6 heteroatoms. The van der Waals surface area contributed by atoms with Crippen LogP contribution in [0.2, 0.25) is 0 Å². The normalized spacial score (nSPS) is 25.4. The minimum Gasteiger partial charge on any atom is -0.481 e. The lowest BCUT2D eigenvalue weighted by molar-refractivity contribution is -0.145. The molecule has 3 unspecified atom stereocenters. The van der Waals surface area contributed by atoms with Crippen molar-refractivity contribution < 1.29 is 19.1 Å². The highest BCUT2D eigenvalue weighted by atomic mass is 79.9. The maximum atomic E-state index is 13.6. The monoisotopic (exact) mass is 343 g/mol. The summed E-state index contributed by atoms with van der Waals surface area (Å²) < 4.78 is 14.2. The van der Waals surface area contributed by atoms with Crippen LogP contribution in [0.5, 0.6) is 0 Å². The Balaban J connectivity index is 2.15. The van der Waals surface area contributed by atoms with Crippen LogP contribution in [0.25, 0.3) is 0 Å². The average Bonchev–Trinajstić information content (AvgIpc) is 2.76. The number of hydrogen-bond donors (Lipinski definition) is 2. The van der Waals surface area contributed by atoms with Gasteiger partial charge in [-0.2, -0.15) is 0 Å². The minimum absolute atomic E-state index is 0.0630. The Bertz CT molecular complexity index is 549. The number of carbonyl (C=O) groups is 2. The van der Waals surface area contributed by atoms with E-state index in [-0.39, 0.29) is 11.6 Å². The molecule has 2 N–H and O–H groups in total. The molecule has 1 aliphatic carbocycles. The first-order chi connectivity index (χ1) is 9.38. The van der Waals surface area contributed by atoms with E-state index >= 15 is 0 Å². The first-order valence-electron chi connectivity index (χ1n) is 6.37. The largest absolute Gasteiger partial charge is 0.481 e.